The second-order valence-electron chi connectivity index (χ2n) is 9.49. The second-order valence-corrected chi connectivity index (χ2v) is 9.49. The van der Waals surface area contributed by atoms with Gasteiger partial charge in [0.15, 0.2) is 17.3 Å². The minimum atomic E-state index is -0.504. The number of carbonyl (C=O) groups excluding carboxylic acids is 1. The van der Waals surface area contributed by atoms with E-state index in [0.29, 0.717) is 52.1 Å². The topological polar surface area (TPSA) is 103 Å². The Kier molecular flexibility index (Phi) is 6.35. The number of fused-ring (bicyclic) bond motifs is 2. The van der Waals surface area contributed by atoms with Crippen LogP contribution < -0.4 is 4.74 Å². The lowest BCUT2D eigenvalue weighted by atomic mass is 9.92. The van der Waals surface area contributed by atoms with Gasteiger partial charge in [-0.1, -0.05) is 17.3 Å². The van der Waals surface area contributed by atoms with Crippen LogP contribution in [-0.2, 0) is 9.47 Å². The smallest absolute Gasteiger partial charge is 0.253 e. The molecule has 192 valence electrons. The van der Waals surface area contributed by atoms with Crippen LogP contribution in [0.15, 0.2) is 47.0 Å². The fourth-order valence-corrected chi connectivity index (χ4v) is 5.13. The molecule has 2 aromatic carbocycles. The molecule has 2 aromatic heterocycles. The molecule has 2 fully saturated rings. The van der Waals surface area contributed by atoms with Crippen molar-refractivity contribution in [2.24, 2.45) is 11.8 Å². The Morgan fingerprint density at radius 3 is 2.81 bits per heavy atom. The molecule has 2 aliphatic heterocycles. The second kappa shape index (κ2) is 9.95. The summed E-state index contributed by atoms with van der Waals surface area (Å²) in [6.07, 6.45) is 1.02. The third kappa shape index (κ3) is 4.58. The first-order valence-corrected chi connectivity index (χ1v) is 12.3. The van der Waals surface area contributed by atoms with Crippen molar-refractivity contribution in [3.8, 4) is 28.5 Å². The van der Waals surface area contributed by atoms with Crippen LogP contribution in [0.4, 0.5) is 4.39 Å². The third-order valence-electron chi connectivity index (χ3n) is 7.16. The largest absolute Gasteiger partial charge is 0.488 e. The summed E-state index contributed by atoms with van der Waals surface area (Å²) in [6.45, 7) is 3.66. The molecule has 10 heteroatoms. The SMILES string of the molecule is COCCOc1cc2[nH]nc(-c3cc(-c4ccc(C(=O)N5C[C@H]6COCC[C@H]6C5)cc4)no3)c2cc1F. The Labute approximate surface area is 212 Å². The van der Waals surface area contributed by atoms with Crippen molar-refractivity contribution in [2.45, 2.75) is 6.42 Å². The lowest BCUT2D eigenvalue weighted by Gasteiger charge is -2.23. The van der Waals surface area contributed by atoms with Gasteiger partial charge in [0.25, 0.3) is 5.91 Å². The number of halogens is 1. The highest BCUT2D eigenvalue weighted by molar-refractivity contribution is 5.95. The number of aromatic nitrogens is 3. The maximum atomic E-state index is 14.6. The first kappa shape index (κ1) is 23.6. The van der Waals surface area contributed by atoms with Gasteiger partial charge < -0.3 is 23.6 Å². The quantitative estimate of drug-likeness (QED) is 0.376. The summed E-state index contributed by atoms with van der Waals surface area (Å²) in [6, 6.07) is 12.0. The van der Waals surface area contributed by atoms with Crippen molar-refractivity contribution in [3.05, 3.63) is 53.8 Å². The average Bonchev–Trinajstić information content (AvgIpc) is 3.66. The summed E-state index contributed by atoms with van der Waals surface area (Å²) in [5.41, 5.74) is 3.09. The molecule has 1 N–H and O–H groups in total. The minimum Gasteiger partial charge on any atom is -0.488 e. The van der Waals surface area contributed by atoms with Gasteiger partial charge in [-0.25, -0.2) is 4.39 Å². The van der Waals surface area contributed by atoms with Crippen molar-refractivity contribution < 1.29 is 27.9 Å². The number of amides is 1. The van der Waals surface area contributed by atoms with Crippen molar-refractivity contribution in [2.75, 3.05) is 46.6 Å². The number of nitrogens with one attached hydrogen (secondary N) is 1. The number of nitrogens with zero attached hydrogens (tertiary/aromatic N) is 3. The predicted molar refractivity (Wildman–Crippen MR) is 133 cm³/mol. The van der Waals surface area contributed by atoms with E-state index in [1.165, 1.54) is 6.07 Å². The molecule has 1 amide bonds. The number of aromatic amines is 1. The van der Waals surface area contributed by atoms with Crippen LogP contribution in [0.1, 0.15) is 16.8 Å². The Bertz CT molecular complexity index is 1400. The molecule has 4 aromatic rings. The van der Waals surface area contributed by atoms with Crippen LogP contribution in [0.25, 0.3) is 33.6 Å². The Balaban J connectivity index is 1.18. The summed E-state index contributed by atoms with van der Waals surface area (Å²) in [4.78, 5) is 15.0. The molecule has 4 heterocycles. The highest BCUT2D eigenvalue weighted by atomic mass is 19.1. The zero-order valence-electron chi connectivity index (χ0n) is 20.4. The Hall–Kier alpha value is -3.76. The fourth-order valence-electron chi connectivity index (χ4n) is 5.13. The monoisotopic (exact) mass is 506 g/mol. The number of likely N-dealkylation sites (tertiary alicyclic amines) is 1. The zero-order valence-corrected chi connectivity index (χ0v) is 20.4. The van der Waals surface area contributed by atoms with Gasteiger partial charge in [-0.05, 0) is 30.5 Å². The van der Waals surface area contributed by atoms with Crippen LogP contribution in [0.2, 0.25) is 0 Å². The molecule has 9 nitrogen and oxygen atoms in total. The molecule has 0 spiro atoms. The molecule has 0 radical (unpaired) electrons. The maximum Gasteiger partial charge on any atom is 0.253 e. The molecule has 0 aliphatic carbocycles. The van der Waals surface area contributed by atoms with Crippen LogP contribution in [0.5, 0.6) is 5.75 Å². The summed E-state index contributed by atoms with van der Waals surface area (Å²) < 4.78 is 36.1. The van der Waals surface area contributed by atoms with E-state index in [4.69, 9.17) is 18.7 Å². The number of H-pyrrole nitrogens is 1. The van der Waals surface area contributed by atoms with E-state index in [0.717, 1.165) is 38.3 Å². The zero-order chi connectivity index (χ0) is 25.4. The Morgan fingerprint density at radius 2 is 2.00 bits per heavy atom. The summed E-state index contributed by atoms with van der Waals surface area (Å²) in [5, 5.41) is 11.9. The highest BCUT2D eigenvalue weighted by Gasteiger charge is 2.37. The van der Waals surface area contributed by atoms with Crippen molar-refractivity contribution >= 4 is 16.8 Å². The molecule has 2 aliphatic rings. The molecule has 2 saturated heterocycles. The first-order chi connectivity index (χ1) is 18.1. The van der Waals surface area contributed by atoms with Crippen LogP contribution in [0, 0.1) is 17.7 Å². The maximum absolute atomic E-state index is 14.6. The number of carbonyl (C=O) groups is 1. The summed E-state index contributed by atoms with van der Waals surface area (Å²) in [5.74, 6) is 1.02. The lowest BCUT2D eigenvalue weighted by Crippen LogP contribution is -2.29. The fraction of sp³-hybridized carbons (Fsp3) is 0.370. The molecule has 37 heavy (non-hydrogen) atoms. The molecule has 0 unspecified atom stereocenters. The number of methoxy groups -OCH3 is 1. The van der Waals surface area contributed by atoms with Crippen LogP contribution in [-0.4, -0.2) is 72.8 Å². The normalized spacial score (nSPS) is 19.4. The van der Waals surface area contributed by atoms with Gasteiger partial charge in [0.05, 0.1) is 18.7 Å². The van der Waals surface area contributed by atoms with E-state index in [1.807, 2.05) is 29.2 Å². The predicted octanol–water partition coefficient (Wildman–Crippen LogP) is 4.16. The van der Waals surface area contributed by atoms with E-state index in [-0.39, 0.29) is 18.3 Å². The van der Waals surface area contributed by atoms with E-state index in [9.17, 15) is 9.18 Å². The third-order valence-corrected chi connectivity index (χ3v) is 7.16. The van der Waals surface area contributed by atoms with E-state index in [1.54, 1.807) is 19.2 Å². The van der Waals surface area contributed by atoms with Gasteiger partial charge in [-0.2, -0.15) is 5.10 Å². The van der Waals surface area contributed by atoms with Crippen LogP contribution in [0.3, 0.4) is 0 Å². The summed E-state index contributed by atoms with van der Waals surface area (Å²) in [7, 11) is 1.55. The van der Waals surface area contributed by atoms with Gasteiger partial charge in [0.1, 0.15) is 18.0 Å². The number of benzene rings is 2. The lowest BCUT2D eigenvalue weighted by molar-refractivity contribution is 0.0370. The first-order valence-electron chi connectivity index (χ1n) is 12.3. The van der Waals surface area contributed by atoms with E-state index < -0.39 is 5.82 Å². The van der Waals surface area contributed by atoms with Gasteiger partial charge in [0.2, 0.25) is 0 Å². The van der Waals surface area contributed by atoms with Crippen LogP contribution >= 0.6 is 0 Å². The number of hydrogen-bond acceptors (Lipinski definition) is 7. The molecule has 2 atom stereocenters. The molecular weight excluding hydrogens is 479 g/mol. The van der Waals surface area contributed by atoms with Crippen molar-refractivity contribution in [1.29, 1.82) is 0 Å². The van der Waals surface area contributed by atoms with E-state index in [2.05, 4.69) is 15.4 Å². The average molecular weight is 507 g/mol. The molecule has 0 saturated carbocycles. The highest BCUT2D eigenvalue weighted by Crippen LogP contribution is 2.34. The van der Waals surface area contributed by atoms with Gasteiger partial charge in [-0.15, -0.1) is 0 Å². The van der Waals surface area contributed by atoms with Gasteiger partial charge in [-0.3, -0.25) is 9.89 Å². The van der Waals surface area contributed by atoms with Crippen molar-refractivity contribution in [1.82, 2.24) is 20.3 Å². The standard InChI is InChI=1S/C27H27FN4O5/c1-34-8-9-36-24-12-23-20(10-21(24)28)26(30-29-23)25-11-22(31-37-25)16-2-4-17(5-3-16)27(33)32-13-18-6-7-35-15-19(18)14-32/h2-5,10-12,18-19H,6-9,13-15H2,1H3,(H,29,30)/t18-,19-/m0/s1. The minimum absolute atomic E-state index is 0.0392. The summed E-state index contributed by atoms with van der Waals surface area (Å²) >= 11 is 0. The number of ether oxygens (including phenoxy) is 3. The van der Waals surface area contributed by atoms with Crippen molar-refractivity contribution in [3.63, 3.8) is 0 Å². The number of rotatable bonds is 7. The van der Waals surface area contributed by atoms with Gasteiger partial charge >= 0.3 is 0 Å². The molecule has 6 rings (SSSR count). The number of hydrogen-bond donors (Lipinski definition) is 1. The molecule has 0 bridgehead atoms. The molecular formula is C27H27FN4O5. The van der Waals surface area contributed by atoms with Gasteiger partial charge in [0, 0.05) is 61.4 Å². The van der Waals surface area contributed by atoms with E-state index >= 15 is 0 Å². The Morgan fingerprint density at radius 1 is 1.16 bits per heavy atom.